The Morgan fingerprint density at radius 3 is 2.70 bits per heavy atom. The molecule has 1 unspecified atom stereocenters. The molecule has 5 heteroatoms. The Morgan fingerprint density at radius 1 is 1.33 bits per heavy atom. The van der Waals surface area contributed by atoms with E-state index in [0.717, 1.165) is 19.3 Å². The number of ketones is 1. The van der Waals surface area contributed by atoms with Crippen LogP contribution in [0.25, 0.3) is 0 Å². The quantitative estimate of drug-likeness (QED) is 0.343. The van der Waals surface area contributed by atoms with Crippen LogP contribution in [0.2, 0.25) is 0 Å². The van der Waals surface area contributed by atoms with E-state index < -0.39 is 17.4 Å². The van der Waals surface area contributed by atoms with Gasteiger partial charge in [0.1, 0.15) is 17.2 Å². The van der Waals surface area contributed by atoms with E-state index >= 15 is 0 Å². The molecule has 0 bridgehead atoms. The van der Waals surface area contributed by atoms with E-state index in [0.29, 0.717) is 32.1 Å². The van der Waals surface area contributed by atoms with E-state index in [-0.39, 0.29) is 30.5 Å². The number of aliphatic hydroxyl groups is 1. The van der Waals surface area contributed by atoms with Gasteiger partial charge in [-0.1, -0.05) is 50.6 Å². The van der Waals surface area contributed by atoms with E-state index in [2.05, 4.69) is 6.58 Å². The number of carboxylic acids is 1. The summed E-state index contributed by atoms with van der Waals surface area (Å²) in [6, 6.07) is 0. The van der Waals surface area contributed by atoms with Gasteiger partial charge in [-0.25, -0.2) is 4.39 Å². The second kappa shape index (κ2) is 11.9. The van der Waals surface area contributed by atoms with Crippen LogP contribution in [0.5, 0.6) is 0 Å². The molecule has 1 fully saturated rings. The molecule has 27 heavy (non-hydrogen) atoms. The number of unbranched alkanes of at least 4 members (excludes halogenated alkanes) is 2. The lowest BCUT2D eigenvalue weighted by Gasteiger charge is -2.24. The van der Waals surface area contributed by atoms with Crippen molar-refractivity contribution in [3.8, 4) is 0 Å². The largest absolute Gasteiger partial charge is 0.481 e. The van der Waals surface area contributed by atoms with Gasteiger partial charge >= 0.3 is 5.97 Å². The molecular formula is C22H33FO4. The zero-order chi connectivity index (χ0) is 20.3. The number of halogens is 1. The first-order valence-electron chi connectivity index (χ1n) is 9.93. The molecule has 0 aromatic rings. The summed E-state index contributed by atoms with van der Waals surface area (Å²) in [6.45, 7) is 5.27. The maximum atomic E-state index is 13.7. The first-order chi connectivity index (χ1) is 12.8. The maximum Gasteiger partial charge on any atom is 0.303 e. The van der Waals surface area contributed by atoms with Gasteiger partial charge in [-0.15, -0.1) is 0 Å². The summed E-state index contributed by atoms with van der Waals surface area (Å²) in [4.78, 5) is 22.6. The minimum absolute atomic E-state index is 0.0886. The van der Waals surface area contributed by atoms with Crippen LogP contribution >= 0.6 is 0 Å². The highest BCUT2D eigenvalue weighted by atomic mass is 19.1. The second-order valence-corrected chi connectivity index (χ2v) is 7.44. The third kappa shape index (κ3) is 8.21. The summed E-state index contributed by atoms with van der Waals surface area (Å²) in [6.07, 6.45) is 13.1. The van der Waals surface area contributed by atoms with Crippen molar-refractivity contribution >= 4 is 11.8 Å². The Kier molecular flexibility index (Phi) is 10.2. The van der Waals surface area contributed by atoms with Crippen LogP contribution in [0.15, 0.2) is 36.7 Å². The summed E-state index contributed by atoms with van der Waals surface area (Å²) in [5.74, 6) is -1.26. The molecular weight excluding hydrogens is 347 g/mol. The second-order valence-electron chi connectivity index (χ2n) is 7.44. The van der Waals surface area contributed by atoms with Crippen molar-refractivity contribution in [3.05, 3.63) is 36.7 Å². The predicted molar refractivity (Wildman–Crippen MR) is 105 cm³/mol. The van der Waals surface area contributed by atoms with Gasteiger partial charge in [0.2, 0.25) is 0 Å². The fraction of sp³-hybridized carbons (Fsp3) is 0.636. The van der Waals surface area contributed by atoms with Crippen LogP contribution in [-0.4, -0.2) is 27.6 Å². The highest BCUT2D eigenvalue weighted by molar-refractivity contribution is 5.83. The molecule has 0 radical (unpaired) electrons. The first-order valence-corrected chi connectivity index (χ1v) is 9.93. The van der Waals surface area contributed by atoms with Crippen LogP contribution in [0.4, 0.5) is 4.39 Å². The van der Waals surface area contributed by atoms with Crippen molar-refractivity contribution in [2.75, 3.05) is 0 Å². The number of carbonyl (C=O) groups is 2. The average Bonchev–Trinajstić information content (AvgIpc) is 2.96. The molecule has 0 spiro atoms. The van der Waals surface area contributed by atoms with Gasteiger partial charge in [0.05, 0.1) is 0 Å². The van der Waals surface area contributed by atoms with Gasteiger partial charge in [0, 0.05) is 25.2 Å². The molecule has 152 valence electrons. The molecule has 4 nitrogen and oxygen atoms in total. The molecule has 0 amide bonds. The highest BCUT2D eigenvalue weighted by Gasteiger charge is 2.33. The lowest BCUT2D eigenvalue weighted by atomic mass is 9.88. The lowest BCUT2D eigenvalue weighted by Crippen LogP contribution is -2.28. The summed E-state index contributed by atoms with van der Waals surface area (Å²) < 4.78 is 13.7. The predicted octanol–water partition coefficient (Wildman–Crippen LogP) is 5.13. The molecule has 0 saturated heterocycles. The van der Waals surface area contributed by atoms with Gasteiger partial charge in [0.15, 0.2) is 0 Å². The summed E-state index contributed by atoms with van der Waals surface area (Å²) >= 11 is 0. The minimum Gasteiger partial charge on any atom is -0.481 e. The van der Waals surface area contributed by atoms with Gasteiger partial charge < -0.3 is 10.2 Å². The van der Waals surface area contributed by atoms with Crippen molar-refractivity contribution in [2.24, 2.45) is 11.8 Å². The fourth-order valence-electron chi connectivity index (χ4n) is 3.46. The molecule has 0 heterocycles. The summed E-state index contributed by atoms with van der Waals surface area (Å²) in [5, 5.41) is 19.0. The molecule has 2 N–H and O–H groups in total. The monoisotopic (exact) mass is 380 g/mol. The highest BCUT2D eigenvalue weighted by Crippen LogP contribution is 2.34. The topological polar surface area (TPSA) is 74.6 Å². The van der Waals surface area contributed by atoms with Gasteiger partial charge in [-0.2, -0.15) is 0 Å². The SMILES string of the molecule is C=C(F)C(O)(CC=C[C@H]1CCC(=O)[C@@H]1CC=CCCCC(=O)O)CCCC. The third-order valence-electron chi connectivity index (χ3n) is 5.26. The van der Waals surface area contributed by atoms with Crippen LogP contribution in [0.1, 0.15) is 71.1 Å². The lowest BCUT2D eigenvalue weighted by molar-refractivity contribution is -0.137. The Labute approximate surface area is 161 Å². The van der Waals surface area contributed by atoms with Crippen molar-refractivity contribution in [1.82, 2.24) is 0 Å². The minimum atomic E-state index is -1.52. The van der Waals surface area contributed by atoms with Crippen molar-refractivity contribution in [1.29, 1.82) is 0 Å². The number of allylic oxidation sites excluding steroid dienone is 3. The van der Waals surface area contributed by atoms with Crippen LogP contribution in [0.3, 0.4) is 0 Å². The van der Waals surface area contributed by atoms with Crippen LogP contribution in [-0.2, 0) is 9.59 Å². The van der Waals surface area contributed by atoms with Crippen molar-refractivity contribution < 1.29 is 24.2 Å². The van der Waals surface area contributed by atoms with Crippen molar-refractivity contribution in [3.63, 3.8) is 0 Å². The number of aliphatic carboxylic acids is 1. The molecule has 0 aromatic heterocycles. The maximum absolute atomic E-state index is 13.7. The Morgan fingerprint density at radius 2 is 2.07 bits per heavy atom. The molecule has 1 aliphatic carbocycles. The van der Waals surface area contributed by atoms with Gasteiger partial charge in [-0.05, 0) is 38.0 Å². The van der Waals surface area contributed by atoms with E-state index in [1.54, 1.807) is 6.08 Å². The third-order valence-corrected chi connectivity index (χ3v) is 5.26. The van der Waals surface area contributed by atoms with E-state index in [9.17, 15) is 19.1 Å². The number of rotatable bonds is 13. The summed E-state index contributed by atoms with van der Waals surface area (Å²) in [5.41, 5.74) is -1.52. The summed E-state index contributed by atoms with van der Waals surface area (Å²) in [7, 11) is 0. The molecule has 0 aliphatic heterocycles. The normalized spacial score (nSPS) is 22.6. The zero-order valence-electron chi connectivity index (χ0n) is 16.3. The van der Waals surface area contributed by atoms with E-state index in [1.807, 2.05) is 25.2 Å². The van der Waals surface area contributed by atoms with Crippen LogP contribution in [0, 0.1) is 11.8 Å². The number of Topliss-reactive ketones (excluding diaryl/α,β-unsaturated/α-hetero) is 1. The van der Waals surface area contributed by atoms with E-state index in [4.69, 9.17) is 5.11 Å². The number of carbonyl (C=O) groups excluding carboxylic acids is 1. The average molecular weight is 381 g/mol. The van der Waals surface area contributed by atoms with E-state index in [1.165, 1.54) is 0 Å². The Bertz CT molecular complexity index is 567. The smallest absolute Gasteiger partial charge is 0.303 e. The molecule has 1 rings (SSSR count). The number of hydrogen-bond acceptors (Lipinski definition) is 3. The first kappa shape index (κ1) is 23.3. The standard InChI is InChI=1S/C22H33FO4/c1-3-4-15-22(27,17(2)23)16-9-10-18-13-14-20(24)19(18)11-7-5-6-8-12-21(25)26/h5,7,9-10,18-19,27H,2-4,6,8,11-16H2,1H3,(H,25,26)/t18-,19+,22?/m0/s1. The fourth-order valence-corrected chi connectivity index (χ4v) is 3.46. The van der Waals surface area contributed by atoms with Crippen LogP contribution < -0.4 is 0 Å². The number of carboxylic acid groups (broad SMARTS) is 1. The van der Waals surface area contributed by atoms with Crippen molar-refractivity contribution in [2.45, 2.75) is 76.7 Å². The molecule has 1 saturated carbocycles. The molecule has 0 aromatic carbocycles. The Balaban J connectivity index is 2.55. The molecule has 3 atom stereocenters. The Hall–Kier alpha value is -1.75. The van der Waals surface area contributed by atoms with Gasteiger partial charge in [0.25, 0.3) is 0 Å². The zero-order valence-corrected chi connectivity index (χ0v) is 16.3. The molecule has 1 aliphatic rings. The van der Waals surface area contributed by atoms with Gasteiger partial charge in [-0.3, -0.25) is 9.59 Å². The number of hydrogen-bond donors (Lipinski definition) is 2.